The number of aromatic nitrogens is 2. The third kappa shape index (κ3) is 3.95. The molecule has 3 aliphatic rings. The van der Waals surface area contributed by atoms with Crippen LogP contribution in [0.1, 0.15) is 31.5 Å². The van der Waals surface area contributed by atoms with Gasteiger partial charge in [0.1, 0.15) is 11.4 Å². The molecule has 2 unspecified atom stereocenters. The van der Waals surface area contributed by atoms with Gasteiger partial charge in [0.05, 0.1) is 31.1 Å². The van der Waals surface area contributed by atoms with Crippen molar-refractivity contribution in [2.75, 3.05) is 43.1 Å². The minimum absolute atomic E-state index is 0.0000379. The average Bonchev–Trinajstić information content (AvgIpc) is 3.31. The molecular formula is C23H31N5O3. The van der Waals surface area contributed by atoms with Gasteiger partial charge in [-0.25, -0.2) is 4.98 Å². The molecule has 2 atom stereocenters. The molecule has 4 heterocycles. The van der Waals surface area contributed by atoms with Gasteiger partial charge in [-0.3, -0.25) is 9.69 Å². The van der Waals surface area contributed by atoms with Crippen LogP contribution in [0.2, 0.25) is 0 Å². The van der Waals surface area contributed by atoms with E-state index in [1.54, 1.807) is 6.20 Å². The van der Waals surface area contributed by atoms with Crippen molar-refractivity contribution in [1.82, 2.24) is 14.5 Å². The third-order valence-corrected chi connectivity index (χ3v) is 7.01. The molecule has 0 spiro atoms. The highest BCUT2D eigenvalue weighted by atomic mass is 16.5. The summed E-state index contributed by atoms with van der Waals surface area (Å²) in [5, 5.41) is 14.5. The maximum atomic E-state index is 13.0. The van der Waals surface area contributed by atoms with Gasteiger partial charge in [-0.1, -0.05) is 12.1 Å². The molecule has 2 N–H and O–H groups in total. The van der Waals surface area contributed by atoms with Crippen LogP contribution >= 0.6 is 0 Å². The van der Waals surface area contributed by atoms with Crippen molar-refractivity contribution >= 4 is 17.3 Å². The number of aryl methyl sites for hydroxylation is 1. The first-order chi connectivity index (χ1) is 15.0. The van der Waals surface area contributed by atoms with Crippen LogP contribution < -0.4 is 10.2 Å². The van der Waals surface area contributed by atoms with E-state index < -0.39 is 5.60 Å². The zero-order valence-corrected chi connectivity index (χ0v) is 18.0. The van der Waals surface area contributed by atoms with Crippen molar-refractivity contribution in [1.29, 1.82) is 0 Å². The highest BCUT2D eigenvalue weighted by Crippen LogP contribution is 2.45. The highest BCUT2D eigenvalue weighted by molar-refractivity contribution is 5.95. The Morgan fingerprint density at radius 2 is 1.94 bits per heavy atom. The lowest BCUT2D eigenvalue weighted by Crippen LogP contribution is -2.52. The number of hydrogen-bond acceptors (Lipinski definition) is 6. The van der Waals surface area contributed by atoms with E-state index in [-0.39, 0.29) is 18.0 Å². The molecule has 0 saturated carbocycles. The Morgan fingerprint density at radius 3 is 2.61 bits per heavy atom. The number of carbonyl (C=O) groups is 1. The zero-order chi connectivity index (χ0) is 21.4. The second-order valence-corrected chi connectivity index (χ2v) is 9.02. The summed E-state index contributed by atoms with van der Waals surface area (Å²) in [7, 11) is 1.92. The summed E-state index contributed by atoms with van der Waals surface area (Å²) in [5.41, 5.74) is 0.980. The van der Waals surface area contributed by atoms with Crippen molar-refractivity contribution in [3.05, 3.63) is 42.5 Å². The molecule has 3 saturated heterocycles. The lowest BCUT2D eigenvalue weighted by Gasteiger charge is -2.43. The van der Waals surface area contributed by atoms with Crippen LogP contribution in [-0.2, 0) is 22.2 Å². The molecule has 1 aromatic carbocycles. The molecule has 0 aliphatic carbocycles. The lowest BCUT2D eigenvalue weighted by molar-refractivity contribution is -0.121. The van der Waals surface area contributed by atoms with Crippen molar-refractivity contribution in [2.24, 2.45) is 7.05 Å². The van der Waals surface area contributed by atoms with E-state index >= 15 is 0 Å². The van der Waals surface area contributed by atoms with Gasteiger partial charge in [-0.05, 0) is 37.8 Å². The second-order valence-electron chi connectivity index (χ2n) is 9.02. The van der Waals surface area contributed by atoms with Crippen molar-refractivity contribution < 1.29 is 14.6 Å². The number of aliphatic hydroxyl groups is 1. The molecule has 0 radical (unpaired) electrons. The molecule has 8 heteroatoms. The second kappa shape index (κ2) is 8.26. The van der Waals surface area contributed by atoms with Crippen LogP contribution in [0.5, 0.6) is 0 Å². The monoisotopic (exact) mass is 425 g/mol. The fraction of sp³-hybridized carbons (Fsp3) is 0.565. The maximum absolute atomic E-state index is 13.0. The van der Waals surface area contributed by atoms with Gasteiger partial charge in [0.25, 0.3) is 0 Å². The van der Waals surface area contributed by atoms with E-state index in [0.29, 0.717) is 32.6 Å². The number of rotatable bonds is 5. The normalized spacial score (nSPS) is 28.6. The number of benzene rings is 1. The Labute approximate surface area is 182 Å². The summed E-state index contributed by atoms with van der Waals surface area (Å²) >= 11 is 0. The lowest BCUT2D eigenvalue weighted by atomic mass is 9.85. The minimum atomic E-state index is -0.917. The van der Waals surface area contributed by atoms with Crippen LogP contribution in [0, 0.1) is 0 Å². The van der Waals surface area contributed by atoms with Gasteiger partial charge in [0.2, 0.25) is 5.91 Å². The van der Waals surface area contributed by atoms with Gasteiger partial charge in [0, 0.05) is 44.6 Å². The number of ether oxygens (including phenoxy) is 1. The number of nitrogens with zero attached hydrogens (tertiary/aromatic N) is 4. The third-order valence-electron chi connectivity index (χ3n) is 7.01. The Balaban J connectivity index is 1.26. The van der Waals surface area contributed by atoms with E-state index in [1.807, 2.05) is 36.0 Å². The first kappa shape index (κ1) is 20.5. The fourth-order valence-electron chi connectivity index (χ4n) is 5.59. The van der Waals surface area contributed by atoms with E-state index in [9.17, 15) is 9.90 Å². The Hall–Kier alpha value is -2.42. The largest absolute Gasteiger partial charge is 0.382 e. The van der Waals surface area contributed by atoms with Crippen molar-refractivity contribution in [2.45, 2.75) is 43.4 Å². The van der Waals surface area contributed by atoms with E-state index in [1.165, 1.54) is 0 Å². The van der Waals surface area contributed by atoms with Crippen LogP contribution in [0.15, 0.2) is 36.7 Å². The number of piperidine rings is 1. The summed E-state index contributed by atoms with van der Waals surface area (Å²) in [6.07, 6.45) is 6.87. The Morgan fingerprint density at radius 1 is 1.23 bits per heavy atom. The van der Waals surface area contributed by atoms with Gasteiger partial charge in [0.15, 0.2) is 0 Å². The highest BCUT2D eigenvalue weighted by Gasteiger charge is 2.50. The molecule has 1 aromatic heterocycles. The molecule has 1 amide bonds. The number of anilines is 2. The SMILES string of the molecule is Cn1ccnc1C1(O)CC2CCC(C1)N2CC(=O)Nc1ccccc1N1CCOCC1. The zero-order valence-electron chi connectivity index (χ0n) is 18.0. The van der Waals surface area contributed by atoms with Crippen LogP contribution in [0.4, 0.5) is 11.4 Å². The summed E-state index contributed by atoms with van der Waals surface area (Å²) < 4.78 is 7.37. The first-order valence-corrected chi connectivity index (χ1v) is 11.2. The number of carbonyl (C=O) groups excluding carboxylic acids is 1. The molecular weight excluding hydrogens is 394 g/mol. The maximum Gasteiger partial charge on any atom is 0.238 e. The molecule has 2 aromatic rings. The number of para-hydroxylation sites is 2. The quantitative estimate of drug-likeness (QED) is 0.759. The first-order valence-electron chi connectivity index (χ1n) is 11.2. The Kier molecular flexibility index (Phi) is 5.45. The average molecular weight is 426 g/mol. The molecule has 2 bridgehead atoms. The van der Waals surface area contributed by atoms with Gasteiger partial charge in [-0.15, -0.1) is 0 Å². The predicted molar refractivity (Wildman–Crippen MR) is 118 cm³/mol. The molecule has 3 aliphatic heterocycles. The van der Waals surface area contributed by atoms with Crippen molar-refractivity contribution in [3.8, 4) is 0 Å². The topological polar surface area (TPSA) is 82.9 Å². The van der Waals surface area contributed by atoms with E-state index in [2.05, 4.69) is 26.2 Å². The number of imidazole rings is 1. The summed E-state index contributed by atoms with van der Waals surface area (Å²) in [4.78, 5) is 22.0. The number of morpholine rings is 1. The van der Waals surface area contributed by atoms with Gasteiger partial charge >= 0.3 is 0 Å². The minimum Gasteiger partial charge on any atom is -0.382 e. The Bertz CT molecular complexity index is 925. The molecule has 5 rings (SSSR count). The number of nitrogens with one attached hydrogen (secondary N) is 1. The van der Waals surface area contributed by atoms with Gasteiger partial charge in [-0.2, -0.15) is 0 Å². The number of hydrogen-bond donors (Lipinski definition) is 2. The molecule has 3 fully saturated rings. The smallest absolute Gasteiger partial charge is 0.238 e. The van der Waals surface area contributed by atoms with E-state index in [4.69, 9.17) is 4.74 Å². The van der Waals surface area contributed by atoms with Crippen LogP contribution in [0.25, 0.3) is 0 Å². The summed E-state index contributed by atoms with van der Waals surface area (Å²) in [6, 6.07) is 8.37. The molecule has 166 valence electrons. The van der Waals surface area contributed by atoms with Crippen molar-refractivity contribution in [3.63, 3.8) is 0 Å². The van der Waals surface area contributed by atoms with Gasteiger partial charge < -0.3 is 24.6 Å². The standard InChI is InChI=1S/C23H31N5O3/c1-26-9-8-24-22(26)23(30)14-17-6-7-18(15-23)28(17)16-21(29)25-19-4-2-3-5-20(19)27-10-12-31-13-11-27/h2-5,8-9,17-18,30H,6-7,10-16H2,1H3,(H,25,29). The van der Waals surface area contributed by atoms with Crippen LogP contribution in [0.3, 0.4) is 0 Å². The summed E-state index contributed by atoms with van der Waals surface area (Å²) in [5.74, 6) is 0.730. The van der Waals surface area contributed by atoms with E-state index in [0.717, 1.165) is 43.1 Å². The molecule has 31 heavy (non-hydrogen) atoms. The summed E-state index contributed by atoms with van der Waals surface area (Å²) in [6.45, 7) is 3.42. The predicted octanol–water partition coefficient (Wildman–Crippen LogP) is 1.71. The fourth-order valence-corrected chi connectivity index (χ4v) is 5.59. The van der Waals surface area contributed by atoms with Crippen LogP contribution in [-0.4, -0.2) is 70.4 Å². The number of amides is 1. The number of fused-ring (bicyclic) bond motifs is 2. The molecule has 8 nitrogen and oxygen atoms in total.